The summed E-state index contributed by atoms with van der Waals surface area (Å²) in [5.74, 6) is 0.686. The van der Waals surface area contributed by atoms with Crippen LogP contribution in [0.5, 0.6) is 0 Å². The van der Waals surface area contributed by atoms with E-state index < -0.39 is 10.0 Å². The molecular weight excluding hydrogens is 248 g/mol. The first-order valence-electron chi connectivity index (χ1n) is 6.33. The lowest BCUT2D eigenvalue weighted by Gasteiger charge is -2.18. The average molecular weight is 268 g/mol. The Morgan fingerprint density at radius 3 is 2.33 bits per heavy atom. The molecule has 2 rings (SSSR count). The fourth-order valence-corrected chi connectivity index (χ4v) is 3.15. The Kier molecular flexibility index (Phi) is 3.92. The first-order chi connectivity index (χ1) is 8.53. The van der Waals surface area contributed by atoms with Crippen molar-refractivity contribution >= 4 is 15.7 Å². The number of benzene rings is 1. The molecule has 1 aliphatic carbocycles. The van der Waals surface area contributed by atoms with Crippen LogP contribution in [0.15, 0.2) is 29.2 Å². The molecule has 0 radical (unpaired) electrons. The number of hydrogen-bond donors (Lipinski definition) is 2. The van der Waals surface area contributed by atoms with Crippen molar-refractivity contribution < 1.29 is 8.42 Å². The second-order valence-electron chi connectivity index (χ2n) is 4.89. The molecule has 0 spiro atoms. The van der Waals surface area contributed by atoms with E-state index in [1.165, 1.54) is 26.3 Å². The minimum Gasteiger partial charge on any atom is -0.382 e. The average Bonchev–Trinajstić information content (AvgIpc) is 2.76. The van der Waals surface area contributed by atoms with Crippen LogP contribution in [-0.4, -0.2) is 21.5 Å². The summed E-state index contributed by atoms with van der Waals surface area (Å²) in [5.41, 5.74) is 0.990. The SMILES string of the molecule is CNS(=O)(=O)c1ccc(NC2CCCC2C)cc1. The second-order valence-corrected chi connectivity index (χ2v) is 6.78. The van der Waals surface area contributed by atoms with Gasteiger partial charge >= 0.3 is 0 Å². The van der Waals surface area contributed by atoms with Gasteiger partial charge in [0.2, 0.25) is 10.0 Å². The van der Waals surface area contributed by atoms with Gasteiger partial charge in [-0.1, -0.05) is 13.3 Å². The Balaban J connectivity index is 2.08. The molecule has 1 saturated carbocycles. The molecule has 0 heterocycles. The summed E-state index contributed by atoms with van der Waals surface area (Å²) >= 11 is 0. The van der Waals surface area contributed by atoms with E-state index in [9.17, 15) is 8.42 Å². The predicted octanol–water partition coefficient (Wildman–Crippen LogP) is 2.20. The zero-order valence-corrected chi connectivity index (χ0v) is 11.6. The van der Waals surface area contributed by atoms with Crippen molar-refractivity contribution in [3.63, 3.8) is 0 Å². The molecule has 4 nitrogen and oxygen atoms in total. The normalized spacial score (nSPS) is 24.1. The first-order valence-corrected chi connectivity index (χ1v) is 7.81. The van der Waals surface area contributed by atoms with Gasteiger partial charge in [0.25, 0.3) is 0 Å². The molecule has 18 heavy (non-hydrogen) atoms. The molecule has 0 aromatic heterocycles. The van der Waals surface area contributed by atoms with Gasteiger partial charge in [-0.2, -0.15) is 0 Å². The zero-order chi connectivity index (χ0) is 13.2. The van der Waals surface area contributed by atoms with Crippen molar-refractivity contribution in [1.82, 2.24) is 4.72 Å². The van der Waals surface area contributed by atoms with Crippen LogP contribution in [0.25, 0.3) is 0 Å². The van der Waals surface area contributed by atoms with Crippen LogP contribution >= 0.6 is 0 Å². The minimum absolute atomic E-state index is 0.301. The molecule has 0 bridgehead atoms. The molecule has 2 unspecified atom stereocenters. The number of hydrogen-bond acceptors (Lipinski definition) is 3. The largest absolute Gasteiger partial charge is 0.382 e. The molecule has 1 aliphatic rings. The third kappa shape index (κ3) is 2.84. The quantitative estimate of drug-likeness (QED) is 0.880. The highest BCUT2D eigenvalue weighted by Crippen LogP contribution is 2.28. The zero-order valence-electron chi connectivity index (χ0n) is 10.8. The molecule has 1 aromatic carbocycles. The number of sulfonamides is 1. The van der Waals surface area contributed by atoms with Crippen LogP contribution in [0.4, 0.5) is 5.69 Å². The Bertz CT molecular complexity index is 496. The molecule has 2 atom stereocenters. The maximum atomic E-state index is 11.6. The number of nitrogens with one attached hydrogen (secondary N) is 2. The molecule has 0 saturated heterocycles. The van der Waals surface area contributed by atoms with E-state index in [0.717, 1.165) is 5.69 Å². The Hall–Kier alpha value is -1.07. The molecule has 0 aliphatic heterocycles. The van der Waals surface area contributed by atoms with Gasteiger partial charge in [0.1, 0.15) is 0 Å². The molecule has 1 fully saturated rings. The van der Waals surface area contributed by atoms with Crippen molar-refractivity contribution in [1.29, 1.82) is 0 Å². The highest BCUT2D eigenvalue weighted by Gasteiger charge is 2.22. The van der Waals surface area contributed by atoms with Gasteiger partial charge in [0.05, 0.1) is 4.90 Å². The Morgan fingerprint density at radius 2 is 1.83 bits per heavy atom. The van der Waals surface area contributed by atoms with Crippen molar-refractivity contribution in [3.8, 4) is 0 Å². The van der Waals surface area contributed by atoms with Crippen molar-refractivity contribution in [2.45, 2.75) is 37.1 Å². The monoisotopic (exact) mass is 268 g/mol. The van der Waals surface area contributed by atoms with Crippen LogP contribution in [0.2, 0.25) is 0 Å². The number of anilines is 1. The van der Waals surface area contributed by atoms with E-state index in [-0.39, 0.29) is 0 Å². The summed E-state index contributed by atoms with van der Waals surface area (Å²) in [6.07, 6.45) is 3.73. The summed E-state index contributed by atoms with van der Waals surface area (Å²) in [7, 11) is -1.91. The fourth-order valence-electron chi connectivity index (χ4n) is 2.42. The summed E-state index contributed by atoms with van der Waals surface area (Å²) in [4.78, 5) is 0.301. The molecule has 0 amide bonds. The van der Waals surface area contributed by atoms with Gasteiger partial charge in [-0.15, -0.1) is 0 Å². The van der Waals surface area contributed by atoms with Gasteiger partial charge in [-0.3, -0.25) is 0 Å². The maximum Gasteiger partial charge on any atom is 0.240 e. The second kappa shape index (κ2) is 5.28. The van der Waals surface area contributed by atoms with Gasteiger partial charge < -0.3 is 5.32 Å². The number of rotatable bonds is 4. The molecule has 1 aromatic rings. The molecule has 100 valence electrons. The Morgan fingerprint density at radius 1 is 1.17 bits per heavy atom. The van der Waals surface area contributed by atoms with Crippen LogP contribution in [0, 0.1) is 5.92 Å². The van der Waals surface area contributed by atoms with E-state index in [1.54, 1.807) is 12.1 Å². The van der Waals surface area contributed by atoms with Crippen LogP contribution in [0.3, 0.4) is 0 Å². The molecule has 5 heteroatoms. The van der Waals surface area contributed by atoms with E-state index in [2.05, 4.69) is 17.0 Å². The smallest absolute Gasteiger partial charge is 0.240 e. The lowest BCUT2D eigenvalue weighted by Crippen LogP contribution is -2.22. The van der Waals surface area contributed by atoms with E-state index >= 15 is 0 Å². The third-order valence-electron chi connectivity index (χ3n) is 3.65. The summed E-state index contributed by atoms with van der Waals surface area (Å²) in [5, 5.41) is 3.47. The topological polar surface area (TPSA) is 58.2 Å². The van der Waals surface area contributed by atoms with Gasteiger partial charge in [0.15, 0.2) is 0 Å². The van der Waals surface area contributed by atoms with Gasteiger partial charge in [-0.25, -0.2) is 13.1 Å². The van der Waals surface area contributed by atoms with Crippen LogP contribution in [-0.2, 0) is 10.0 Å². The molecule has 2 N–H and O–H groups in total. The molecular formula is C13H20N2O2S. The summed E-state index contributed by atoms with van der Waals surface area (Å²) < 4.78 is 25.5. The van der Waals surface area contributed by atoms with Crippen molar-refractivity contribution in [2.24, 2.45) is 5.92 Å². The van der Waals surface area contributed by atoms with E-state index in [0.29, 0.717) is 16.9 Å². The van der Waals surface area contributed by atoms with E-state index in [4.69, 9.17) is 0 Å². The van der Waals surface area contributed by atoms with Crippen LogP contribution in [0.1, 0.15) is 26.2 Å². The lowest BCUT2D eigenvalue weighted by molar-refractivity contribution is 0.556. The van der Waals surface area contributed by atoms with Gasteiger partial charge in [0, 0.05) is 11.7 Å². The Labute approximate surface area is 109 Å². The van der Waals surface area contributed by atoms with Crippen molar-refractivity contribution in [2.75, 3.05) is 12.4 Å². The summed E-state index contributed by atoms with van der Waals surface area (Å²) in [6.45, 7) is 2.25. The first kappa shape index (κ1) is 13.4. The summed E-state index contributed by atoms with van der Waals surface area (Å²) in [6, 6.07) is 7.43. The highest BCUT2D eigenvalue weighted by molar-refractivity contribution is 7.89. The minimum atomic E-state index is -3.33. The maximum absolute atomic E-state index is 11.6. The standard InChI is InChI=1S/C13H20N2O2S/c1-10-4-3-5-13(10)15-11-6-8-12(9-7-11)18(16,17)14-2/h6-10,13-15H,3-5H2,1-2H3. The fraction of sp³-hybridized carbons (Fsp3) is 0.538. The highest BCUT2D eigenvalue weighted by atomic mass is 32.2. The van der Waals surface area contributed by atoms with Gasteiger partial charge in [-0.05, 0) is 50.1 Å². The lowest BCUT2D eigenvalue weighted by atomic mass is 10.1. The third-order valence-corrected chi connectivity index (χ3v) is 5.08. The van der Waals surface area contributed by atoms with Crippen LogP contribution < -0.4 is 10.0 Å². The van der Waals surface area contributed by atoms with E-state index in [1.807, 2.05) is 12.1 Å². The van der Waals surface area contributed by atoms with Crippen molar-refractivity contribution in [3.05, 3.63) is 24.3 Å². The predicted molar refractivity (Wildman–Crippen MR) is 73.1 cm³/mol.